The van der Waals surface area contributed by atoms with E-state index in [4.69, 9.17) is 26.2 Å². The van der Waals surface area contributed by atoms with Crippen LogP contribution in [0.15, 0.2) is 59.8 Å². The van der Waals surface area contributed by atoms with Crippen molar-refractivity contribution in [3.63, 3.8) is 0 Å². The van der Waals surface area contributed by atoms with Crippen LogP contribution in [0.4, 0.5) is 8.78 Å². The number of hydrogen-bond acceptors (Lipinski definition) is 6. The lowest BCUT2D eigenvalue weighted by Crippen LogP contribution is -2.45. The highest BCUT2D eigenvalue weighted by atomic mass is 35.5. The quantitative estimate of drug-likeness (QED) is 0.470. The fourth-order valence-corrected chi connectivity index (χ4v) is 5.96. The number of carbonyl (C=O) groups excluding carboxylic acids is 1. The molecule has 0 saturated carbocycles. The van der Waals surface area contributed by atoms with E-state index in [0.717, 1.165) is 24.9 Å². The number of alkyl halides is 1. The number of hydrogen-bond donors (Lipinski definition) is 3. The van der Waals surface area contributed by atoms with Crippen molar-refractivity contribution in [3.8, 4) is 5.88 Å². The normalized spacial score (nSPS) is 26.9. The molecule has 0 bridgehead atoms. The number of aliphatic hydroxyl groups is 1. The fraction of sp³-hybridized carbons (Fsp3) is 0.407. The van der Waals surface area contributed by atoms with Gasteiger partial charge in [-0.1, -0.05) is 30.3 Å². The van der Waals surface area contributed by atoms with Gasteiger partial charge in [-0.25, -0.2) is 13.8 Å². The van der Waals surface area contributed by atoms with Crippen LogP contribution < -0.4 is 15.4 Å². The molecule has 1 amide bonds. The number of nitrogens with zero attached hydrogens (tertiary/aromatic N) is 1. The molecule has 37 heavy (non-hydrogen) atoms. The molecule has 1 saturated heterocycles. The molecule has 3 aliphatic rings. The van der Waals surface area contributed by atoms with Crippen LogP contribution in [0, 0.1) is 5.82 Å². The van der Waals surface area contributed by atoms with E-state index in [1.165, 1.54) is 19.3 Å². The van der Waals surface area contributed by atoms with Gasteiger partial charge in [-0.3, -0.25) is 4.79 Å². The molecule has 1 aromatic heterocycles. The van der Waals surface area contributed by atoms with Crippen molar-refractivity contribution in [1.82, 2.24) is 15.6 Å². The fourth-order valence-electron chi connectivity index (χ4n) is 5.62. The van der Waals surface area contributed by atoms with Crippen LogP contribution in [-0.2, 0) is 10.3 Å². The smallest absolute Gasteiger partial charge is 0.253 e. The molecule has 1 fully saturated rings. The number of halogens is 3. The summed E-state index contributed by atoms with van der Waals surface area (Å²) in [5.41, 5.74) is 0.457. The van der Waals surface area contributed by atoms with E-state index in [2.05, 4.69) is 15.6 Å². The van der Waals surface area contributed by atoms with Crippen molar-refractivity contribution in [2.45, 2.75) is 42.2 Å². The predicted molar refractivity (Wildman–Crippen MR) is 134 cm³/mol. The van der Waals surface area contributed by atoms with Crippen LogP contribution in [0.5, 0.6) is 5.88 Å². The molecule has 5 rings (SSSR count). The van der Waals surface area contributed by atoms with Gasteiger partial charge in [-0.15, -0.1) is 11.6 Å². The number of carbonyl (C=O) groups is 1. The van der Waals surface area contributed by atoms with Crippen molar-refractivity contribution in [3.05, 3.63) is 82.3 Å². The van der Waals surface area contributed by atoms with Crippen LogP contribution >= 0.6 is 11.6 Å². The zero-order valence-electron chi connectivity index (χ0n) is 20.3. The topological polar surface area (TPSA) is 92.7 Å². The largest absolute Gasteiger partial charge is 0.481 e. The Morgan fingerprint density at radius 2 is 2.14 bits per heavy atom. The van der Waals surface area contributed by atoms with Crippen molar-refractivity contribution >= 4 is 17.5 Å². The third kappa shape index (κ3) is 4.39. The Bertz CT molecular complexity index is 1250. The number of rotatable bonds is 7. The Hall–Kier alpha value is -3.01. The number of pyridine rings is 1. The number of aliphatic hydroxyl groups excluding tert-OH is 1. The van der Waals surface area contributed by atoms with E-state index in [1.807, 2.05) is 30.3 Å². The molecular formula is C27H28ClF2N3O4. The zero-order chi connectivity index (χ0) is 26.2. The zero-order valence-corrected chi connectivity index (χ0v) is 21.0. The minimum atomic E-state index is -1.28. The molecule has 10 heteroatoms. The number of benzene rings is 1. The van der Waals surface area contributed by atoms with Crippen molar-refractivity contribution in [2.75, 3.05) is 26.8 Å². The summed E-state index contributed by atoms with van der Waals surface area (Å²) >= 11 is 6.63. The molecule has 0 spiro atoms. The summed E-state index contributed by atoms with van der Waals surface area (Å²) in [6.45, 7) is 0.265. The molecule has 2 aliphatic heterocycles. The monoisotopic (exact) mass is 531 g/mol. The Morgan fingerprint density at radius 3 is 2.81 bits per heavy atom. The third-order valence-electron chi connectivity index (χ3n) is 7.29. The third-order valence-corrected chi connectivity index (χ3v) is 7.75. The van der Waals surface area contributed by atoms with Gasteiger partial charge in [-0.2, -0.15) is 0 Å². The van der Waals surface area contributed by atoms with E-state index >= 15 is 8.78 Å². The number of ether oxygens (including phenoxy) is 2. The molecule has 4 atom stereocenters. The SMILES string of the molecule is CNC(=O)c1cnc(OCCO)c(F)c1C1C2=C(C=C(F)C1Cl)OC(c1ccccc1)([C@@H]1CCCN1)C2. The second kappa shape index (κ2) is 10.4. The predicted octanol–water partition coefficient (Wildman–Crippen LogP) is 3.83. The molecule has 3 heterocycles. The average Bonchev–Trinajstić information content (AvgIpc) is 3.58. The summed E-state index contributed by atoms with van der Waals surface area (Å²) < 4.78 is 43.2. The minimum absolute atomic E-state index is 0.0597. The molecule has 7 nitrogen and oxygen atoms in total. The van der Waals surface area contributed by atoms with Gasteiger partial charge in [0.15, 0.2) is 11.4 Å². The van der Waals surface area contributed by atoms with Gasteiger partial charge in [0.05, 0.1) is 23.6 Å². The summed E-state index contributed by atoms with van der Waals surface area (Å²) in [5.74, 6) is -3.38. The first-order valence-corrected chi connectivity index (χ1v) is 12.7. The van der Waals surface area contributed by atoms with Crippen LogP contribution in [-0.4, -0.2) is 54.2 Å². The molecule has 3 unspecified atom stereocenters. The maximum atomic E-state index is 16.0. The molecule has 1 aromatic carbocycles. The van der Waals surface area contributed by atoms with Gasteiger partial charge in [-0.05, 0) is 30.5 Å². The van der Waals surface area contributed by atoms with Gasteiger partial charge in [0.1, 0.15) is 18.2 Å². The molecular weight excluding hydrogens is 504 g/mol. The number of aromatic nitrogens is 1. The van der Waals surface area contributed by atoms with Crippen molar-refractivity contribution in [2.24, 2.45) is 0 Å². The standard InChI is InChI=1S/C27H28ClF2N3O4/c1-31-25(35)17-14-33-26(36-11-10-34)24(30)22(17)21-16-13-27(20-8-5-9-32-20,15-6-3-2-4-7-15)37-19(16)12-18(29)23(21)28/h2-4,6-7,12,14,20-21,23,32,34H,5,8-11,13H2,1H3,(H,31,35)/t20-,21?,23?,27?/m0/s1. The molecule has 0 radical (unpaired) electrons. The average molecular weight is 532 g/mol. The van der Waals surface area contributed by atoms with E-state index in [9.17, 15) is 4.79 Å². The first-order valence-electron chi connectivity index (χ1n) is 12.3. The van der Waals surface area contributed by atoms with Crippen LogP contribution in [0.3, 0.4) is 0 Å². The molecule has 2 aromatic rings. The summed E-state index contributed by atoms with van der Waals surface area (Å²) in [4.78, 5) is 16.7. The molecule has 3 N–H and O–H groups in total. The second-order valence-corrected chi connectivity index (χ2v) is 9.81. The van der Waals surface area contributed by atoms with Gasteiger partial charge in [0.25, 0.3) is 11.8 Å². The Morgan fingerprint density at radius 1 is 1.35 bits per heavy atom. The second-order valence-electron chi connectivity index (χ2n) is 9.34. The van der Waals surface area contributed by atoms with Crippen LogP contribution in [0.1, 0.15) is 46.7 Å². The van der Waals surface area contributed by atoms with Gasteiger partial charge < -0.3 is 25.2 Å². The lowest BCUT2D eigenvalue weighted by atomic mass is 9.75. The van der Waals surface area contributed by atoms with Crippen LogP contribution in [0.2, 0.25) is 0 Å². The van der Waals surface area contributed by atoms with Crippen LogP contribution in [0.25, 0.3) is 0 Å². The lowest BCUT2D eigenvalue weighted by molar-refractivity contribution is -0.00326. The summed E-state index contributed by atoms with van der Waals surface area (Å²) in [6, 6.07) is 9.62. The Labute approximate surface area is 218 Å². The van der Waals surface area contributed by atoms with E-state index in [0.29, 0.717) is 12.0 Å². The van der Waals surface area contributed by atoms with E-state index in [1.54, 1.807) is 0 Å². The summed E-state index contributed by atoms with van der Waals surface area (Å²) in [5, 5.41) is 13.9. The maximum absolute atomic E-state index is 16.0. The van der Waals surface area contributed by atoms with Crippen molar-refractivity contribution < 1.29 is 28.2 Å². The highest BCUT2D eigenvalue weighted by Gasteiger charge is 2.53. The minimum Gasteiger partial charge on any atom is -0.481 e. The highest BCUT2D eigenvalue weighted by Crippen LogP contribution is 2.55. The maximum Gasteiger partial charge on any atom is 0.253 e. The Balaban J connectivity index is 1.66. The van der Waals surface area contributed by atoms with Gasteiger partial charge in [0, 0.05) is 37.2 Å². The summed E-state index contributed by atoms with van der Waals surface area (Å²) in [6.07, 6.45) is 4.59. The van der Waals surface area contributed by atoms with Crippen molar-refractivity contribution in [1.29, 1.82) is 0 Å². The Kier molecular flexibility index (Phi) is 7.20. The van der Waals surface area contributed by atoms with E-state index in [-0.39, 0.29) is 36.1 Å². The first-order chi connectivity index (χ1) is 17.9. The highest BCUT2D eigenvalue weighted by molar-refractivity contribution is 6.23. The number of nitrogens with one attached hydrogen (secondary N) is 2. The molecule has 196 valence electrons. The van der Waals surface area contributed by atoms with Gasteiger partial charge in [0.2, 0.25) is 0 Å². The number of amides is 1. The van der Waals surface area contributed by atoms with E-state index < -0.39 is 40.3 Å². The van der Waals surface area contributed by atoms with Gasteiger partial charge >= 0.3 is 0 Å². The summed E-state index contributed by atoms with van der Waals surface area (Å²) in [7, 11) is 1.41. The lowest BCUT2D eigenvalue weighted by Gasteiger charge is -2.36. The molecule has 1 aliphatic carbocycles. The first kappa shape index (κ1) is 25.6. The number of allylic oxidation sites excluding steroid dienone is 2.